The van der Waals surface area contributed by atoms with Crippen molar-refractivity contribution >= 4 is 27.0 Å². The number of fused-ring (bicyclic) bond motifs is 1. The molecule has 0 spiro atoms. The van der Waals surface area contributed by atoms with Crippen molar-refractivity contribution in [1.82, 2.24) is 14.7 Å². The summed E-state index contributed by atoms with van der Waals surface area (Å²) in [6.45, 7) is 2.60. The lowest BCUT2D eigenvalue weighted by atomic mass is 9.95. The van der Waals surface area contributed by atoms with Crippen molar-refractivity contribution in [2.75, 3.05) is 6.54 Å². The van der Waals surface area contributed by atoms with Crippen LogP contribution in [0.15, 0.2) is 27.9 Å². The smallest absolute Gasteiger partial charge is 0.323 e. The van der Waals surface area contributed by atoms with Gasteiger partial charge < -0.3 is 15.1 Å². The number of aliphatic carboxylic acids is 1. The van der Waals surface area contributed by atoms with Gasteiger partial charge in [-0.1, -0.05) is 0 Å². The van der Waals surface area contributed by atoms with E-state index in [1.807, 2.05) is 0 Å². The molecule has 0 radical (unpaired) electrons. The van der Waals surface area contributed by atoms with Gasteiger partial charge in [0, 0.05) is 6.54 Å². The van der Waals surface area contributed by atoms with Crippen molar-refractivity contribution in [2.24, 2.45) is 5.41 Å². The Morgan fingerprint density at radius 3 is 2.52 bits per heavy atom. The Kier molecular flexibility index (Phi) is 3.64. The molecule has 0 amide bonds. The third kappa shape index (κ3) is 3.14. The Labute approximate surface area is 120 Å². The fraction of sp³-hybridized carbons (Fsp3) is 0.333. The Morgan fingerprint density at radius 1 is 1.29 bits per heavy atom. The minimum atomic E-state index is -3.86. The third-order valence-corrected chi connectivity index (χ3v) is 4.48. The molecule has 0 unspecified atom stereocenters. The second-order valence-corrected chi connectivity index (χ2v) is 7.07. The van der Waals surface area contributed by atoms with E-state index in [-0.39, 0.29) is 11.4 Å². The molecule has 1 aromatic heterocycles. The van der Waals surface area contributed by atoms with Crippen molar-refractivity contribution in [1.29, 1.82) is 0 Å². The number of benzene rings is 1. The average molecular weight is 313 g/mol. The molecule has 4 N–H and O–H groups in total. The van der Waals surface area contributed by atoms with Crippen molar-refractivity contribution in [3.63, 3.8) is 0 Å². The lowest BCUT2D eigenvalue weighted by Gasteiger charge is -2.19. The van der Waals surface area contributed by atoms with Gasteiger partial charge in [0.15, 0.2) is 0 Å². The zero-order valence-electron chi connectivity index (χ0n) is 11.4. The quantitative estimate of drug-likeness (QED) is 0.628. The monoisotopic (exact) mass is 313 g/mol. The number of sulfonamides is 1. The lowest BCUT2D eigenvalue weighted by Crippen LogP contribution is -2.38. The van der Waals surface area contributed by atoms with Gasteiger partial charge in [0.25, 0.3) is 0 Å². The van der Waals surface area contributed by atoms with Crippen LogP contribution in [-0.4, -0.2) is 36.0 Å². The van der Waals surface area contributed by atoms with E-state index >= 15 is 0 Å². The van der Waals surface area contributed by atoms with E-state index in [0.29, 0.717) is 11.0 Å². The van der Waals surface area contributed by atoms with E-state index in [2.05, 4.69) is 14.7 Å². The summed E-state index contributed by atoms with van der Waals surface area (Å²) in [5.41, 5.74) is -0.802. The number of carboxylic acids is 1. The molecule has 9 heteroatoms. The average Bonchev–Trinajstić information content (AvgIpc) is 2.75. The Morgan fingerprint density at radius 2 is 1.90 bits per heavy atom. The summed E-state index contributed by atoms with van der Waals surface area (Å²) < 4.78 is 26.5. The Balaban J connectivity index is 2.29. The van der Waals surface area contributed by atoms with E-state index in [4.69, 9.17) is 5.11 Å². The van der Waals surface area contributed by atoms with Crippen LogP contribution >= 0.6 is 0 Å². The molecule has 0 aliphatic carbocycles. The standard InChI is InChI=1S/C12H15N3O5S/c1-12(2,10(16)17)6-13-21(19,20)7-3-4-8-9(5-7)15-11(18)14-8/h3-5,13H,6H2,1-2H3,(H,16,17)(H2,14,15,18). The maximum absolute atomic E-state index is 12.1. The van der Waals surface area contributed by atoms with Crippen LogP contribution in [0.2, 0.25) is 0 Å². The first-order chi connectivity index (χ1) is 9.62. The van der Waals surface area contributed by atoms with Crippen molar-refractivity contribution in [3.05, 3.63) is 28.7 Å². The summed E-state index contributed by atoms with van der Waals surface area (Å²) in [7, 11) is -3.86. The van der Waals surface area contributed by atoms with Gasteiger partial charge in [-0.05, 0) is 32.0 Å². The van der Waals surface area contributed by atoms with E-state index in [9.17, 15) is 18.0 Å². The van der Waals surface area contributed by atoms with Crippen molar-refractivity contribution in [3.8, 4) is 0 Å². The first-order valence-electron chi connectivity index (χ1n) is 6.07. The SMILES string of the molecule is CC(C)(CNS(=O)(=O)c1ccc2[nH]c(=O)[nH]c2c1)C(=O)O. The second kappa shape index (κ2) is 5.01. The molecule has 8 nitrogen and oxygen atoms in total. The van der Waals surface area contributed by atoms with Crippen LogP contribution in [-0.2, 0) is 14.8 Å². The first-order valence-corrected chi connectivity index (χ1v) is 7.55. The van der Waals surface area contributed by atoms with Crippen LogP contribution in [0.3, 0.4) is 0 Å². The highest BCUT2D eigenvalue weighted by molar-refractivity contribution is 7.89. The summed E-state index contributed by atoms with van der Waals surface area (Å²) in [5, 5.41) is 8.97. The summed E-state index contributed by atoms with van der Waals surface area (Å²) in [5.74, 6) is -1.10. The second-order valence-electron chi connectivity index (χ2n) is 5.30. The van der Waals surface area contributed by atoms with Crippen LogP contribution < -0.4 is 10.4 Å². The van der Waals surface area contributed by atoms with Gasteiger partial charge in [-0.15, -0.1) is 0 Å². The van der Waals surface area contributed by atoms with E-state index in [1.165, 1.54) is 32.0 Å². The molecular formula is C12H15N3O5S. The molecule has 0 saturated heterocycles. The molecule has 0 bridgehead atoms. The number of carbonyl (C=O) groups is 1. The zero-order chi connectivity index (χ0) is 15.8. The van der Waals surface area contributed by atoms with Crippen molar-refractivity contribution < 1.29 is 18.3 Å². The Bertz CT molecular complexity index is 847. The normalized spacial score (nSPS) is 12.7. The number of aromatic amines is 2. The number of H-pyrrole nitrogens is 2. The van der Waals surface area contributed by atoms with Gasteiger partial charge >= 0.3 is 11.7 Å². The van der Waals surface area contributed by atoms with Crippen LogP contribution in [0.5, 0.6) is 0 Å². The van der Waals surface area contributed by atoms with Gasteiger partial charge in [0.2, 0.25) is 10.0 Å². The maximum atomic E-state index is 12.1. The summed E-state index contributed by atoms with van der Waals surface area (Å²) in [6.07, 6.45) is 0. The molecule has 2 rings (SSSR count). The molecule has 0 fully saturated rings. The number of rotatable bonds is 5. The van der Waals surface area contributed by atoms with Crippen LogP contribution in [0.4, 0.5) is 0 Å². The number of imidazole rings is 1. The molecule has 0 atom stereocenters. The highest BCUT2D eigenvalue weighted by Crippen LogP contribution is 2.18. The molecule has 0 aliphatic heterocycles. The van der Waals surface area contributed by atoms with Gasteiger partial charge in [0.05, 0.1) is 21.3 Å². The van der Waals surface area contributed by atoms with Gasteiger partial charge in [-0.3, -0.25) is 4.79 Å². The van der Waals surface area contributed by atoms with Crippen LogP contribution in [0.25, 0.3) is 11.0 Å². The van der Waals surface area contributed by atoms with Gasteiger partial charge in [0.1, 0.15) is 0 Å². The molecular weight excluding hydrogens is 298 g/mol. The fourth-order valence-electron chi connectivity index (χ4n) is 1.61. The van der Waals surface area contributed by atoms with E-state index in [1.54, 1.807) is 0 Å². The number of aromatic nitrogens is 2. The predicted octanol–water partition coefficient (Wildman–Crippen LogP) is 0.245. The summed E-state index contributed by atoms with van der Waals surface area (Å²) in [6, 6.07) is 4.11. The highest BCUT2D eigenvalue weighted by Gasteiger charge is 2.29. The number of hydrogen-bond acceptors (Lipinski definition) is 4. The Hall–Kier alpha value is -2.13. The summed E-state index contributed by atoms with van der Waals surface area (Å²) >= 11 is 0. The van der Waals surface area contributed by atoms with Crippen LogP contribution in [0.1, 0.15) is 13.8 Å². The molecule has 0 saturated carbocycles. The third-order valence-electron chi connectivity index (χ3n) is 3.08. The maximum Gasteiger partial charge on any atom is 0.323 e. The van der Waals surface area contributed by atoms with E-state index < -0.39 is 27.1 Å². The fourth-order valence-corrected chi connectivity index (χ4v) is 2.85. The topological polar surface area (TPSA) is 132 Å². The first kappa shape index (κ1) is 15.3. The van der Waals surface area contributed by atoms with Crippen molar-refractivity contribution in [2.45, 2.75) is 18.7 Å². The number of carboxylic acid groups (broad SMARTS) is 1. The number of hydrogen-bond donors (Lipinski definition) is 4. The zero-order valence-corrected chi connectivity index (χ0v) is 12.2. The molecule has 0 aliphatic rings. The molecule has 1 heterocycles. The molecule has 21 heavy (non-hydrogen) atoms. The van der Waals surface area contributed by atoms with E-state index in [0.717, 1.165) is 0 Å². The minimum absolute atomic E-state index is 0.0496. The van der Waals surface area contributed by atoms with Gasteiger partial charge in [-0.25, -0.2) is 17.9 Å². The highest BCUT2D eigenvalue weighted by atomic mass is 32.2. The molecule has 2 aromatic rings. The van der Waals surface area contributed by atoms with Crippen LogP contribution in [0, 0.1) is 5.41 Å². The minimum Gasteiger partial charge on any atom is -0.481 e. The number of nitrogens with one attached hydrogen (secondary N) is 3. The summed E-state index contributed by atoms with van der Waals surface area (Å²) in [4.78, 5) is 27.0. The molecule has 114 valence electrons. The largest absolute Gasteiger partial charge is 0.481 e. The predicted molar refractivity (Wildman–Crippen MR) is 75.5 cm³/mol. The van der Waals surface area contributed by atoms with Gasteiger partial charge in [-0.2, -0.15) is 0 Å². The molecule has 1 aromatic carbocycles. The lowest BCUT2D eigenvalue weighted by molar-refractivity contribution is -0.146.